The summed E-state index contributed by atoms with van der Waals surface area (Å²) in [7, 11) is -3.58. The molecular weight excluding hydrogens is 359 g/mol. The lowest BCUT2D eigenvalue weighted by molar-refractivity contribution is -0.132. The molecule has 2 saturated heterocycles. The molecule has 0 spiro atoms. The molecule has 0 aliphatic carbocycles. The highest BCUT2D eigenvalue weighted by molar-refractivity contribution is 7.91. The first-order chi connectivity index (χ1) is 12.4. The molecule has 3 rings (SSSR count). The van der Waals surface area contributed by atoms with Gasteiger partial charge in [0.2, 0.25) is 5.91 Å². The van der Waals surface area contributed by atoms with Gasteiger partial charge in [0.15, 0.2) is 9.84 Å². The normalized spacial score (nSPS) is 21.9. The first kappa shape index (κ1) is 19.3. The van der Waals surface area contributed by atoms with Crippen LogP contribution in [0.4, 0.5) is 4.39 Å². The SMILES string of the molecule is O=C(CCS(=O)(=O)c1ccc(F)cc1)N1CCN(C[C@@H]2CCCO2)CC1. The molecule has 0 aromatic heterocycles. The molecular formula is C18H25FN2O4S. The summed E-state index contributed by atoms with van der Waals surface area (Å²) in [5.74, 6) is -0.888. The highest BCUT2D eigenvalue weighted by Crippen LogP contribution is 2.16. The number of halogens is 1. The van der Waals surface area contributed by atoms with Crippen molar-refractivity contribution >= 4 is 15.7 Å². The maximum atomic E-state index is 12.9. The van der Waals surface area contributed by atoms with E-state index in [2.05, 4.69) is 4.90 Å². The standard InChI is InChI=1S/C18H25FN2O4S/c19-15-3-5-17(6-4-15)26(23,24)13-7-18(22)21-10-8-20(9-11-21)14-16-2-1-12-25-16/h3-6,16H,1-2,7-14H2/t16-/m0/s1. The lowest BCUT2D eigenvalue weighted by atomic mass is 10.2. The van der Waals surface area contributed by atoms with Gasteiger partial charge in [-0.25, -0.2) is 12.8 Å². The van der Waals surface area contributed by atoms with Gasteiger partial charge in [-0.15, -0.1) is 0 Å². The Kier molecular flexibility index (Phi) is 6.26. The van der Waals surface area contributed by atoms with Crippen molar-refractivity contribution in [3.8, 4) is 0 Å². The average Bonchev–Trinajstić information content (AvgIpc) is 3.14. The number of benzene rings is 1. The van der Waals surface area contributed by atoms with Gasteiger partial charge < -0.3 is 9.64 Å². The van der Waals surface area contributed by atoms with E-state index in [9.17, 15) is 17.6 Å². The van der Waals surface area contributed by atoms with Crippen molar-refractivity contribution in [2.45, 2.75) is 30.3 Å². The Labute approximate surface area is 153 Å². The van der Waals surface area contributed by atoms with Gasteiger partial charge in [-0.2, -0.15) is 0 Å². The summed E-state index contributed by atoms with van der Waals surface area (Å²) in [5, 5.41) is 0. The fourth-order valence-corrected chi connectivity index (χ4v) is 4.63. The average molecular weight is 384 g/mol. The zero-order valence-electron chi connectivity index (χ0n) is 14.8. The van der Waals surface area contributed by atoms with Crippen LogP contribution in [0.15, 0.2) is 29.2 Å². The Morgan fingerprint density at radius 3 is 2.46 bits per heavy atom. The van der Waals surface area contributed by atoms with Crippen LogP contribution >= 0.6 is 0 Å². The summed E-state index contributed by atoms with van der Waals surface area (Å²) in [6.45, 7) is 4.55. The van der Waals surface area contributed by atoms with Crippen molar-refractivity contribution in [1.29, 1.82) is 0 Å². The number of nitrogens with zero attached hydrogens (tertiary/aromatic N) is 2. The number of sulfone groups is 1. The molecule has 1 aromatic carbocycles. The summed E-state index contributed by atoms with van der Waals surface area (Å²) >= 11 is 0. The monoisotopic (exact) mass is 384 g/mol. The number of hydrogen-bond donors (Lipinski definition) is 0. The number of rotatable bonds is 6. The van der Waals surface area contributed by atoms with E-state index in [0.29, 0.717) is 19.2 Å². The minimum absolute atomic E-state index is 0.0492. The van der Waals surface area contributed by atoms with Crippen molar-refractivity contribution in [3.05, 3.63) is 30.1 Å². The number of piperazine rings is 1. The minimum atomic E-state index is -3.58. The van der Waals surface area contributed by atoms with E-state index in [1.165, 1.54) is 12.1 Å². The first-order valence-electron chi connectivity index (χ1n) is 9.04. The van der Waals surface area contributed by atoms with E-state index in [4.69, 9.17) is 4.74 Å². The Morgan fingerprint density at radius 2 is 1.85 bits per heavy atom. The van der Waals surface area contributed by atoms with E-state index in [1.807, 2.05) is 0 Å². The fourth-order valence-electron chi connectivity index (χ4n) is 3.40. The molecule has 6 nitrogen and oxygen atoms in total. The molecule has 144 valence electrons. The largest absolute Gasteiger partial charge is 0.377 e. The Hall–Kier alpha value is -1.51. The van der Waals surface area contributed by atoms with Crippen molar-refractivity contribution in [3.63, 3.8) is 0 Å². The second kappa shape index (κ2) is 8.45. The molecule has 8 heteroatoms. The van der Waals surface area contributed by atoms with E-state index >= 15 is 0 Å². The minimum Gasteiger partial charge on any atom is -0.377 e. The number of carbonyl (C=O) groups is 1. The van der Waals surface area contributed by atoms with Gasteiger partial charge in [0.05, 0.1) is 16.8 Å². The highest BCUT2D eigenvalue weighted by Gasteiger charge is 2.26. The molecule has 1 aromatic rings. The lowest BCUT2D eigenvalue weighted by Crippen LogP contribution is -2.50. The van der Waals surface area contributed by atoms with Gasteiger partial charge >= 0.3 is 0 Å². The molecule has 0 radical (unpaired) electrons. The summed E-state index contributed by atoms with van der Waals surface area (Å²) in [6.07, 6.45) is 2.47. The van der Waals surface area contributed by atoms with Gasteiger partial charge in [0, 0.05) is 45.8 Å². The topological polar surface area (TPSA) is 66.9 Å². The van der Waals surface area contributed by atoms with Crippen LogP contribution in [0, 0.1) is 5.82 Å². The zero-order valence-corrected chi connectivity index (χ0v) is 15.6. The second-order valence-electron chi connectivity index (χ2n) is 6.84. The fraction of sp³-hybridized carbons (Fsp3) is 0.611. The lowest BCUT2D eigenvalue weighted by Gasteiger charge is -2.35. The van der Waals surface area contributed by atoms with Crippen LogP contribution in [-0.2, 0) is 19.4 Å². The van der Waals surface area contributed by atoms with Crippen LogP contribution < -0.4 is 0 Å². The molecule has 2 heterocycles. The van der Waals surface area contributed by atoms with Gasteiger partial charge in [-0.3, -0.25) is 9.69 Å². The summed E-state index contributed by atoms with van der Waals surface area (Å²) < 4.78 is 43.1. The molecule has 0 unspecified atom stereocenters. The van der Waals surface area contributed by atoms with E-state index in [1.54, 1.807) is 4.90 Å². The maximum absolute atomic E-state index is 12.9. The van der Waals surface area contributed by atoms with Gasteiger partial charge in [0.1, 0.15) is 5.82 Å². The second-order valence-corrected chi connectivity index (χ2v) is 8.95. The van der Waals surface area contributed by atoms with Crippen molar-refractivity contribution < 1.29 is 22.3 Å². The van der Waals surface area contributed by atoms with Crippen molar-refractivity contribution in [2.75, 3.05) is 45.1 Å². The number of hydrogen-bond acceptors (Lipinski definition) is 5. The third-order valence-corrected chi connectivity index (χ3v) is 6.70. The Bertz CT molecular complexity index is 709. The van der Waals surface area contributed by atoms with Gasteiger partial charge in [-0.1, -0.05) is 0 Å². The van der Waals surface area contributed by atoms with Crippen LogP contribution in [0.3, 0.4) is 0 Å². The number of carbonyl (C=O) groups excluding carboxylic acids is 1. The molecule has 0 bridgehead atoms. The van der Waals surface area contributed by atoms with Crippen LogP contribution in [0.5, 0.6) is 0 Å². The molecule has 26 heavy (non-hydrogen) atoms. The molecule has 2 aliphatic heterocycles. The van der Waals surface area contributed by atoms with Crippen LogP contribution in [0.1, 0.15) is 19.3 Å². The Balaban J connectivity index is 1.44. The van der Waals surface area contributed by atoms with Gasteiger partial charge in [0.25, 0.3) is 0 Å². The highest BCUT2D eigenvalue weighted by atomic mass is 32.2. The van der Waals surface area contributed by atoms with Gasteiger partial charge in [-0.05, 0) is 37.1 Å². The maximum Gasteiger partial charge on any atom is 0.223 e. The summed E-state index contributed by atoms with van der Waals surface area (Å²) in [5.41, 5.74) is 0. The van der Waals surface area contributed by atoms with Crippen LogP contribution in [0.2, 0.25) is 0 Å². The number of ether oxygens (including phenoxy) is 1. The molecule has 0 saturated carbocycles. The van der Waals surface area contributed by atoms with Crippen molar-refractivity contribution in [2.24, 2.45) is 0 Å². The van der Waals surface area contributed by atoms with E-state index < -0.39 is 15.7 Å². The summed E-state index contributed by atoms with van der Waals surface area (Å²) in [4.78, 5) is 16.4. The smallest absolute Gasteiger partial charge is 0.223 e. The quantitative estimate of drug-likeness (QED) is 0.692. The molecule has 2 fully saturated rings. The predicted molar refractivity (Wildman–Crippen MR) is 95.1 cm³/mol. The molecule has 2 aliphatic rings. The van der Waals surface area contributed by atoms with Crippen LogP contribution in [0.25, 0.3) is 0 Å². The third kappa shape index (κ3) is 5.02. The first-order valence-corrected chi connectivity index (χ1v) is 10.7. The zero-order chi connectivity index (χ0) is 18.6. The van der Waals surface area contributed by atoms with E-state index in [-0.39, 0.29) is 23.0 Å². The number of amides is 1. The molecule has 0 N–H and O–H groups in total. The predicted octanol–water partition coefficient (Wildman–Crippen LogP) is 1.31. The van der Waals surface area contributed by atoms with Crippen LogP contribution in [-0.4, -0.2) is 75.3 Å². The molecule has 1 amide bonds. The van der Waals surface area contributed by atoms with E-state index in [0.717, 1.165) is 51.2 Å². The summed E-state index contributed by atoms with van der Waals surface area (Å²) in [6, 6.07) is 4.70. The third-order valence-electron chi connectivity index (χ3n) is 4.97. The molecule has 1 atom stereocenters. The van der Waals surface area contributed by atoms with Crippen molar-refractivity contribution in [1.82, 2.24) is 9.80 Å². The Morgan fingerprint density at radius 1 is 1.15 bits per heavy atom.